The van der Waals surface area contributed by atoms with E-state index in [2.05, 4.69) is 47.0 Å². The van der Waals surface area contributed by atoms with Gasteiger partial charge in [-0.15, -0.1) is 0 Å². The summed E-state index contributed by atoms with van der Waals surface area (Å²) < 4.78 is 8.64. The van der Waals surface area contributed by atoms with Crippen molar-refractivity contribution in [2.45, 2.75) is 70.6 Å². The number of nitrogens with zero attached hydrogens (tertiary/aromatic N) is 2. The van der Waals surface area contributed by atoms with E-state index in [1.54, 1.807) is 0 Å². The molecule has 0 bridgehead atoms. The molecule has 2 aromatic rings. The molecule has 1 heterocycles. The molecular formula is C17H28N2SSi. The predicted octanol–water partition coefficient (Wildman–Crippen LogP) is 5.84. The first-order valence-electron chi connectivity index (χ1n) is 8.32. The molecule has 0 aliphatic carbocycles. The van der Waals surface area contributed by atoms with Crippen molar-refractivity contribution in [1.29, 1.82) is 0 Å². The zero-order valence-electron chi connectivity index (χ0n) is 13.7. The minimum atomic E-state index is -1.12. The Labute approximate surface area is 134 Å². The van der Waals surface area contributed by atoms with Crippen LogP contribution in [0.5, 0.6) is 0 Å². The van der Waals surface area contributed by atoms with Crippen LogP contribution in [0.4, 0.5) is 0 Å². The van der Waals surface area contributed by atoms with Crippen LogP contribution in [0.2, 0.25) is 19.1 Å². The SMILES string of the molecule is CCCCCCCC[Si](C)(C)Cc1ccc2nsnc2c1. The highest BCUT2D eigenvalue weighted by atomic mass is 32.1. The van der Waals surface area contributed by atoms with Gasteiger partial charge in [0.2, 0.25) is 0 Å². The Bertz CT molecular complexity index is 550. The van der Waals surface area contributed by atoms with Crippen molar-refractivity contribution >= 4 is 30.8 Å². The van der Waals surface area contributed by atoms with Crippen molar-refractivity contribution in [2.24, 2.45) is 0 Å². The second-order valence-corrected chi connectivity index (χ2v) is 12.7. The predicted molar refractivity (Wildman–Crippen MR) is 96.8 cm³/mol. The number of hydrogen-bond donors (Lipinski definition) is 0. The molecule has 0 atom stereocenters. The highest BCUT2D eigenvalue weighted by molar-refractivity contribution is 7.00. The van der Waals surface area contributed by atoms with Gasteiger partial charge in [-0.05, 0) is 23.7 Å². The van der Waals surface area contributed by atoms with E-state index in [1.165, 1.54) is 67.9 Å². The lowest BCUT2D eigenvalue weighted by Gasteiger charge is -2.22. The molecular weight excluding hydrogens is 292 g/mol. The Hall–Kier alpha value is -0.743. The monoisotopic (exact) mass is 320 g/mol. The quantitative estimate of drug-likeness (QED) is 0.428. The molecule has 2 nitrogen and oxygen atoms in total. The minimum absolute atomic E-state index is 1.04. The minimum Gasteiger partial charge on any atom is -0.173 e. The topological polar surface area (TPSA) is 25.8 Å². The van der Waals surface area contributed by atoms with E-state index in [9.17, 15) is 0 Å². The number of rotatable bonds is 9. The molecule has 0 spiro atoms. The van der Waals surface area contributed by atoms with Gasteiger partial charge in [0.25, 0.3) is 0 Å². The van der Waals surface area contributed by atoms with Crippen LogP contribution in [0.15, 0.2) is 18.2 Å². The Kier molecular flexibility index (Phi) is 6.36. The Morgan fingerprint density at radius 2 is 1.67 bits per heavy atom. The fourth-order valence-corrected chi connectivity index (χ4v) is 6.19. The van der Waals surface area contributed by atoms with Crippen molar-refractivity contribution in [1.82, 2.24) is 8.75 Å². The van der Waals surface area contributed by atoms with Gasteiger partial charge < -0.3 is 0 Å². The lowest BCUT2D eigenvalue weighted by Crippen LogP contribution is -2.28. The molecule has 0 saturated carbocycles. The lowest BCUT2D eigenvalue weighted by atomic mass is 10.1. The average molecular weight is 321 g/mol. The van der Waals surface area contributed by atoms with Gasteiger partial charge in [0.15, 0.2) is 0 Å². The van der Waals surface area contributed by atoms with Crippen LogP contribution < -0.4 is 0 Å². The van der Waals surface area contributed by atoms with E-state index in [1.807, 2.05) is 0 Å². The summed E-state index contributed by atoms with van der Waals surface area (Å²) >= 11 is 1.31. The zero-order chi connectivity index (χ0) is 15.1. The Balaban J connectivity index is 1.79. The van der Waals surface area contributed by atoms with Crippen molar-refractivity contribution in [3.8, 4) is 0 Å². The van der Waals surface area contributed by atoms with Gasteiger partial charge in [-0.1, -0.05) is 70.7 Å². The molecule has 116 valence electrons. The van der Waals surface area contributed by atoms with Crippen molar-refractivity contribution in [2.75, 3.05) is 0 Å². The van der Waals surface area contributed by atoms with Crippen molar-refractivity contribution in [3.05, 3.63) is 23.8 Å². The summed E-state index contributed by atoms with van der Waals surface area (Å²) in [6.45, 7) is 7.34. The number of unbranched alkanes of at least 4 members (excludes halogenated alkanes) is 5. The van der Waals surface area contributed by atoms with Crippen LogP contribution in [-0.2, 0) is 6.04 Å². The molecule has 4 heteroatoms. The maximum atomic E-state index is 4.36. The molecule has 0 radical (unpaired) electrons. The Morgan fingerprint density at radius 3 is 2.48 bits per heavy atom. The fourth-order valence-electron chi connectivity index (χ4n) is 2.96. The van der Waals surface area contributed by atoms with Gasteiger partial charge in [-0.3, -0.25) is 0 Å². The normalized spacial score (nSPS) is 12.1. The third-order valence-electron chi connectivity index (χ3n) is 4.21. The molecule has 0 saturated heterocycles. The van der Waals surface area contributed by atoms with Crippen molar-refractivity contribution < 1.29 is 0 Å². The first-order chi connectivity index (χ1) is 10.1. The van der Waals surface area contributed by atoms with E-state index < -0.39 is 8.07 Å². The summed E-state index contributed by atoms with van der Waals surface area (Å²) in [6.07, 6.45) is 8.44. The maximum absolute atomic E-state index is 4.36. The van der Waals surface area contributed by atoms with E-state index in [4.69, 9.17) is 0 Å². The largest absolute Gasteiger partial charge is 0.173 e. The number of hydrogen-bond acceptors (Lipinski definition) is 3. The van der Waals surface area contributed by atoms with Crippen LogP contribution in [0, 0.1) is 0 Å². The molecule has 0 amide bonds. The molecule has 0 fully saturated rings. The van der Waals surface area contributed by atoms with Crippen LogP contribution in [0.25, 0.3) is 11.0 Å². The molecule has 1 aromatic carbocycles. The molecule has 0 N–H and O–H groups in total. The second kappa shape index (κ2) is 8.04. The summed E-state index contributed by atoms with van der Waals surface area (Å²) in [7, 11) is -1.12. The Morgan fingerprint density at radius 1 is 0.952 bits per heavy atom. The second-order valence-electron chi connectivity index (χ2n) is 6.95. The van der Waals surface area contributed by atoms with Gasteiger partial charge in [0.05, 0.1) is 19.8 Å². The summed E-state index contributed by atoms with van der Waals surface area (Å²) in [4.78, 5) is 0. The third kappa shape index (κ3) is 5.51. The molecule has 2 rings (SSSR count). The average Bonchev–Trinajstić information content (AvgIpc) is 2.89. The first kappa shape index (κ1) is 16.6. The van der Waals surface area contributed by atoms with E-state index in [0.29, 0.717) is 0 Å². The summed E-state index contributed by atoms with van der Waals surface area (Å²) in [6, 6.07) is 9.35. The van der Waals surface area contributed by atoms with Crippen LogP contribution in [0.1, 0.15) is 51.0 Å². The summed E-state index contributed by atoms with van der Waals surface area (Å²) in [5, 5.41) is 0. The standard InChI is InChI=1S/C17H28N2SSi/c1-4-5-6-7-8-9-12-21(2,3)14-15-10-11-16-17(13-15)19-20-18-16/h10-11,13H,4-9,12,14H2,1-3H3. The zero-order valence-corrected chi connectivity index (χ0v) is 15.5. The number of aromatic nitrogens is 2. The van der Waals surface area contributed by atoms with Gasteiger partial charge in [-0.25, -0.2) is 0 Å². The summed E-state index contributed by atoms with van der Waals surface area (Å²) in [5.41, 5.74) is 3.57. The van der Waals surface area contributed by atoms with Gasteiger partial charge >= 0.3 is 0 Å². The number of benzene rings is 1. The molecule has 0 aliphatic rings. The smallest absolute Gasteiger partial charge is 0.105 e. The fraction of sp³-hybridized carbons (Fsp3) is 0.647. The van der Waals surface area contributed by atoms with Crippen LogP contribution in [0.3, 0.4) is 0 Å². The van der Waals surface area contributed by atoms with Crippen LogP contribution in [-0.4, -0.2) is 16.8 Å². The maximum Gasteiger partial charge on any atom is 0.105 e. The molecule has 21 heavy (non-hydrogen) atoms. The van der Waals surface area contributed by atoms with Gasteiger partial charge in [0, 0.05) is 0 Å². The number of fused-ring (bicyclic) bond motifs is 1. The highest BCUT2D eigenvalue weighted by Gasteiger charge is 2.20. The lowest BCUT2D eigenvalue weighted by molar-refractivity contribution is 0.622. The molecule has 0 unspecified atom stereocenters. The summed E-state index contributed by atoms with van der Waals surface area (Å²) in [5.74, 6) is 0. The van der Waals surface area contributed by atoms with Gasteiger partial charge in [-0.2, -0.15) is 8.75 Å². The molecule has 0 aliphatic heterocycles. The van der Waals surface area contributed by atoms with E-state index in [-0.39, 0.29) is 0 Å². The highest BCUT2D eigenvalue weighted by Crippen LogP contribution is 2.22. The van der Waals surface area contributed by atoms with E-state index in [0.717, 1.165) is 11.0 Å². The first-order valence-corrected chi connectivity index (χ1v) is 12.5. The van der Waals surface area contributed by atoms with Crippen molar-refractivity contribution in [3.63, 3.8) is 0 Å². The molecule has 1 aromatic heterocycles. The third-order valence-corrected chi connectivity index (χ3v) is 7.84. The van der Waals surface area contributed by atoms with E-state index >= 15 is 0 Å². The van der Waals surface area contributed by atoms with Gasteiger partial charge in [0.1, 0.15) is 11.0 Å². The van der Waals surface area contributed by atoms with Crippen LogP contribution >= 0.6 is 11.7 Å².